The molecule has 20 heavy (non-hydrogen) atoms. The van der Waals surface area contributed by atoms with Crippen molar-refractivity contribution in [3.05, 3.63) is 63.6 Å². The van der Waals surface area contributed by atoms with Gasteiger partial charge in [0.05, 0.1) is 17.1 Å². The van der Waals surface area contributed by atoms with Crippen LogP contribution in [0.4, 0.5) is 4.39 Å². The van der Waals surface area contributed by atoms with Crippen LogP contribution in [0.5, 0.6) is 0 Å². The van der Waals surface area contributed by atoms with Crippen molar-refractivity contribution in [2.75, 3.05) is 0 Å². The smallest absolute Gasteiger partial charge is 0.178 e. The van der Waals surface area contributed by atoms with E-state index in [4.69, 9.17) is 23.8 Å². The molecule has 0 saturated carbocycles. The van der Waals surface area contributed by atoms with Gasteiger partial charge in [0.2, 0.25) is 0 Å². The third-order valence-corrected chi connectivity index (χ3v) is 3.93. The van der Waals surface area contributed by atoms with Gasteiger partial charge in [0.25, 0.3) is 0 Å². The number of hydrogen-bond acceptors (Lipinski definition) is 1. The van der Waals surface area contributed by atoms with Gasteiger partial charge in [-0.05, 0) is 55.0 Å². The van der Waals surface area contributed by atoms with Crippen LogP contribution < -0.4 is 0 Å². The van der Waals surface area contributed by atoms with E-state index in [-0.39, 0.29) is 11.9 Å². The summed E-state index contributed by atoms with van der Waals surface area (Å²) in [4.78, 5) is 3.10. The summed E-state index contributed by atoms with van der Waals surface area (Å²) in [6.45, 7) is 2.01. The Labute approximate surface area is 125 Å². The molecule has 0 fully saturated rings. The van der Waals surface area contributed by atoms with Crippen LogP contribution in [0.3, 0.4) is 0 Å². The fourth-order valence-electron chi connectivity index (χ4n) is 2.39. The molecule has 3 aromatic rings. The zero-order valence-electron chi connectivity index (χ0n) is 10.7. The van der Waals surface area contributed by atoms with Crippen molar-refractivity contribution < 1.29 is 4.39 Å². The number of rotatable bonds is 2. The van der Waals surface area contributed by atoms with Crippen LogP contribution in [-0.2, 0) is 0 Å². The Morgan fingerprint density at radius 2 is 2.05 bits per heavy atom. The molecular weight excluding hydrogens is 295 g/mol. The summed E-state index contributed by atoms with van der Waals surface area (Å²) in [7, 11) is 0. The highest BCUT2D eigenvalue weighted by Gasteiger charge is 2.14. The lowest BCUT2D eigenvalue weighted by molar-refractivity contribution is 0.622. The maximum Gasteiger partial charge on any atom is 0.178 e. The van der Waals surface area contributed by atoms with Gasteiger partial charge in [0, 0.05) is 5.02 Å². The summed E-state index contributed by atoms with van der Waals surface area (Å²) in [5, 5.41) is 0.673. The number of aromatic nitrogens is 2. The summed E-state index contributed by atoms with van der Waals surface area (Å²) in [6.07, 6.45) is 0. The maximum atomic E-state index is 13.5. The summed E-state index contributed by atoms with van der Waals surface area (Å²) < 4.78 is 15.9. The van der Waals surface area contributed by atoms with Gasteiger partial charge in [-0.15, -0.1) is 0 Å². The van der Waals surface area contributed by atoms with Crippen molar-refractivity contribution in [2.45, 2.75) is 13.0 Å². The van der Waals surface area contributed by atoms with Gasteiger partial charge in [-0.2, -0.15) is 0 Å². The van der Waals surface area contributed by atoms with Crippen molar-refractivity contribution in [3.8, 4) is 0 Å². The van der Waals surface area contributed by atoms with Crippen molar-refractivity contribution >= 4 is 34.9 Å². The molecule has 0 aliphatic carbocycles. The number of H-pyrrole nitrogens is 1. The van der Waals surface area contributed by atoms with Crippen molar-refractivity contribution in [1.82, 2.24) is 9.55 Å². The quantitative estimate of drug-likeness (QED) is 0.653. The molecule has 5 heteroatoms. The standard InChI is InChI=1S/C15H12ClFN2S/c1-9(10-3-2-4-11(16)7-10)19-14-8-12(17)5-6-13(14)18-15(19)20/h2-9H,1H3,(H,18,20). The predicted octanol–water partition coefficient (Wildman–Crippen LogP) is 5.10. The first kappa shape index (κ1) is 13.3. The lowest BCUT2D eigenvalue weighted by Gasteiger charge is -2.15. The van der Waals surface area contributed by atoms with Crippen LogP contribution in [-0.4, -0.2) is 9.55 Å². The normalized spacial score (nSPS) is 12.8. The summed E-state index contributed by atoms with van der Waals surface area (Å²) >= 11 is 11.4. The second-order valence-corrected chi connectivity index (χ2v) is 5.52. The van der Waals surface area contributed by atoms with Crippen LogP contribution >= 0.6 is 23.8 Å². The van der Waals surface area contributed by atoms with Crippen molar-refractivity contribution in [2.24, 2.45) is 0 Å². The minimum atomic E-state index is -0.279. The first-order chi connectivity index (χ1) is 9.56. The topological polar surface area (TPSA) is 20.7 Å². The van der Waals surface area contributed by atoms with Gasteiger partial charge < -0.3 is 9.55 Å². The molecule has 102 valence electrons. The molecule has 3 rings (SSSR count). The highest BCUT2D eigenvalue weighted by molar-refractivity contribution is 7.71. The molecule has 1 unspecified atom stereocenters. The minimum Gasteiger partial charge on any atom is -0.331 e. The number of aromatic amines is 1. The maximum absolute atomic E-state index is 13.5. The van der Waals surface area contributed by atoms with Gasteiger partial charge in [-0.3, -0.25) is 0 Å². The molecular formula is C15H12ClFN2S. The first-order valence-corrected chi connectivity index (χ1v) is 7.00. The minimum absolute atomic E-state index is 0.0308. The molecule has 0 bridgehead atoms. The Bertz CT molecular complexity index is 837. The van der Waals surface area contributed by atoms with Gasteiger partial charge in [0.15, 0.2) is 4.77 Å². The number of benzene rings is 2. The van der Waals surface area contributed by atoms with Gasteiger partial charge in [0.1, 0.15) is 5.82 Å². The third kappa shape index (κ3) is 2.25. The molecule has 0 amide bonds. The van der Waals surface area contributed by atoms with Gasteiger partial charge >= 0.3 is 0 Å². The molecule has 0 aliphatic rings. The van der Waals surface area contributed by atoms with E-state index in [0.717, 1.165) is 16.6 Å². The van der Waals surface area contributed by atoms with E-state index in [0.29, 0.717) is 9.79 Å². The van der Waals surface area contributed by atoms with Crippen LogP contribution in [0.1, 0.15) is 18.5 Å². The van der Waals surface area contributed by atoms with E-state index in [9.17, 15) is 4.39 Å². The Kier molecular flexibility index (Phi) is 3.36. The molecule has 0 aliphatic heterocycles. The fraction of sp³-hybridized carbons (Fsp3) is 0.133. The van der Waals surface area contributed by atoms with Crippen molar-refractivity contribution in [1.29, 1.82) is 0 Å². The lowest BCUT2D eigenvalue weighted by Crippen LogP contribution is -2.06. The summed E-state index contributed by atoms with van der Waals surface area (Å²) in [5.41, 5.74) is 2.60. The fourth-order valence-corrected chi connectivity index (χ4v) is 2.96. The lowest BCUT2D eigenvalue weighted by atomic mass is 10.1. The van der Waals surface area contributed by atoms with Crippen LogP contribution in [0.15, 0.2) is 42.5 Å². The van der Waals surface area contributed by atoms with E-state index < -0.39 is 0 Å². The Morgan fingerprint density at radius 3 is 2.80 bits per heavy atom. The van der Waals surface area contributed by atoms with Crippen LogP contribution in [0.25, 0.3) is 11.0 Å². The molecule has 1 atom stereocenters. The average molecular weight is 307 g/mol. The largest absolute Gasteiger partial charge is 0.331 e. The number of nitrogens with zero attached hydrogens (tertiary/aromatic N) is 1. The Hall–Kier alpha value is -1.65. The van der Waals surface area contributed by atoms with E-state index in [2.05, 4.69) is 4.98 Å². The van der Waals surface area contributed by atoms with Gasteiger partial charge in [-0.1, -0.05) is 23.7 Å². The molecule has 2 aromatic carbocycles. The summed E-state index contributed by atoms with van der Waals surface area (Å²) in [5.74, 6) is -0.279. The highest BCUT2D eigenvalue weighted by atomic mass is 35.5. The second kappa shape index (κ2) is 5.04. The molecule has 0 spiro atoms. The van der Waals surface area contributed by atoms with Gasteiger partial charge in [-0.25, -0.2) is 4.39 Å². The first-order valence-electron chi connectivity index (χ1n) is 6.21. The number of nitrogens with one attached hydrogen (secondary N) is 1. The zero-order chi connectivity index (χ0) is 14.3. The second-order valence-electron chi connectivity index (χ2n) is 4.69. The number of halogens is 2. The zero-order valence-corrected chi connectivity index (χ0v) is 12.3. The average Bonchev–Trinajstić information content (AvgIpc) is 2.73. The molecule has 0 radical (unpaired) electrons. The molecule has 0 saturated heterocycles. The number of fused-ring (bicyclic) bond motifs is 1. The monoisotopic (exact) mass is 306 g/mol. The number of hydrogen-bond donors (Lipinski definition) is 1. The Morgan fingerprint density at radius 1 is 1.25 bits per heavy atom. The summed E-state index contributed by atoms with van der Waals surface area (Å²) in [6, 6.07) is 12.2. The van der Waals surface area contributed by atoms with Crippen LogP contribution in [0, 0.1) is 10.6 Å². The molecule has 1 heterocycles. The molecule has 1 aromatic heterocycles. The van der Waals surface area contributed by atoms with E-state index >= 15 is 0 Å². The molecule has 1 N–H and O–H groups in total. The van der Waals surface area contributed by atoms with E-state index in [1.807, 2.05) is 35.8 Å². The van der Waals surface area contributed by atoms with E-state index in [1.54, 1.807) is 6.07 Å². The van der Waals surface area contributed by atoms with Crippen molar-refractivity contribution in [3.63, 3.8) is 0 Å². The SMILES string of the molecule is CC(c1cccc(Cl)c1)n1c(=S)[nH]c2ccc(F)cc21. The van der Waals surface area contributed by atoms with E-state index in [1.165, 1.54) is 12.1 Å². The number of imidazole rings is 1. The third-order valence-electron chi connectivity index (χ3n) is 3.40. The Balaban J connectivity index is 2.21. The molecule has 2 nitrogen and oxygen atoms in total. The van der Waals surface area contributed by atoms with Crippen LogP contribution in [0.2, 0.25) is 5.02 Å². The highest BCUT2D eigenvalue weighted by Crippen LogP contribution is 2.26. The predicted molar refractivity (Wildman–Crippen MR) is 82.3 cm³/mol.